The molecule has 0 amide bonds. The van der Waals surface area contributed by atoms with Gasteiger partial charge in [0.15, 0.2) is 6.61 Å². The summed E-state index contributed by atoms with van der Waals surface area (Å²) in [4.78, 5) is 22.0. The molecule has 0 spiro atoms. The van der Waals surface area contributed by atoms with Crippen molar-refractivity contribution in [2.45, 2.75) is 26.2 Å². The molecule has 0 atom stereocenters. The number of carboxylic acids is 1. The fourth-order valence-corrected chi connectivity index (χ4v) is 2.02. The summed E-state index contributed by atoms with van der Waals surface area (Å²) in [6.45, 7) is 1.66. The van der Waals surface area contributed by atoms with Crippen LogP contribution in [0.2, 0.25) is 0 Å². The van der Waals surface area contributed by atoms with Crippen molar-refractivity contribution >= 4 is 16.9 Å². The van der Waals surface area contributed by atoms with Crippen LogP contribution in [0.5, 0.6) is 5.75 Å². The summed E-state index contributed by atoms with van der Waals surface area (Å²) in [5, 5.41) is 9.44. The van der Waals surface area contributed by atoms with E-state index in [1.807, 2.05) is 0 Å². The maximum absolute atomic E-state index is 11.5. The molecule has 0 bridgehead atoms. The average molecular weight is 276 g/mol. The molecule has 5 nitrogen and oxygen atoms in total. The zero-order valence-electron chi connectivity index (χ0n) is 11.2. The molecule has 0 aliphatic rings. The normalized spacial score (nSPS) is 10.7. The third kappa shape index (κ3) is 3.38. The van der Waals surface area contributed by atoms with E-state index in [1.54, 1.807) is 18.2 Å². The van der Waals surface area contributed by atoms with Crippen molar-refractivity contribution in [3.05, 3.63) is 40.2 Å². The number of hydrogen-bond acceptors (Lipinski definition) is 4. The van der Waals surface area contributed by atoms with E-state index in [4.69, 9.17) is 14.3 Å². The maximum Gasteiger partial charge on any atom is 0.341 e. The van der Waals surface area contributed by atoms with Crippen molar-refractivity contribution in [3.63, 3.8) is 0 Å². The van der Waals surface area contributed by atoms with Crippen molar-refractivity contribution in [1.82, 2.24) is 0 Å². The molecule has 0 saturated carbocycles. The molecule has 0 fully saturated rings. The summed E-state index contributed by atoms with van der Waals surface area (Å²) in [5.41, 5.74) is 0.966. The molecule has 1 aromatic heterocycles. The Labute approximate surface area is 115 Å². The predicted molar refractivity (Wildman–Crippen MR) is 74.2 cm³/mol. The highest BCUT2D eigenvalue weighted by atomic mass is 16.5. The quantitative estimate of drug-likeness (QED) is 0.821. The van der Waals surface area contributed by atoms with Gasteiger partial charge in [0, 0.05) is 17.5 Å². The number of hydrogen-bond donors (Lipinski definition) is 1. The smallest absolute Gasteiger partial charge is 0.341 e. The van der Waals surface area contributed by atoms with Crippen molar-refractivity contribution in [3.8, 4) is 5.75 Å². The Morgan fingerprint density at radius 2 is 2.15 bits per heavy atom. The summed E-state index contributed by atoms with van der Waals surface area (Å²) in [6, 6.07) is 6.53. The van der Waals surface area contributed by atoms with Gasteiger partial charge in [-0.1, -0.05) is 13.3 Å². The molecule has 5 heteroatoms. The summed E-state index contributed by atoms with van der Waals surface area (Å²) in [7, 11) is 0. The fraction of sp³-hybridized carbons (Fsp3) is 0.333. The number of rotatable bonds is 6. The Hall–Kier alpha value is -2.30. The first-order valence-electron chi connectivity index (χ1n) is 6.51. The largest absolute Gasteiger partial charge is 0.482 e. The highest BCUT2D eigenvalue weighted by Gasteiger charge is 2.07. The van der Waals surface area contributed by atoms with Crippen LogP contribution in [0.1, 0.15) is 25.3 Å². The number of aryl methyl sites for hydroxylation is 1. The minimum atomic E-state index is -1.05. The number of ether oxygens (including phenoxy) is 1. The predicted octanol–water partition coefficient (Wildman–Crippen LogP) is 2.60. The first kappa shape index (κ1) is 14.1. The molecule has 0 saturated heterocycles. The lowest BCUT2D eigenvalue weighted by molar-refractivity contribution is -0.139. The van der Waals surface area contributed by atoms with Crippen molar-refractivity contribution < 1.29 is 19.1 Å². The number of carbonyl (C=O) groups is 1. The van der Waals surface area contributed by atoms with E-state index in [2.05, 4.69) is 6.92 Å². The van der Waals surface area contributed by atoms with Gasteiger partial charge in [0.05, 0.1) is 0 Å². The number of fused-ring (bicyclic) bond motifs is 1. The number of benzene rings is 1. The maximum atomic E-state index is 11.5. The van der Waals surface area contributed by atoms with Gasteiger partial charge < -0.3 is 14.3 Å². The number of carboxylic acid groups (broad SMARTS) is 1. The van der Waals surface area contributed by atoms with Gasteiger partial charge in [0.25, 0.3) is 0 Å². The minimum absolute atomic E-state index is 0.371. The summed E-state index contributed by atoms with van der Waals surface area (Å²) in [6.07, 6.45) is 2.85. The second-order valence-corrected chi connectivity index (χ2v) is 4.53. The van der Waals surface area contributed by atoms with E-state index in [-0.39, 0.29) is 0 Å². The molecule has 0 aliphatic carbocycles. The van der Waals surface area contributed by atoms with Crippen LogP contribution in [0, 0.1) is 0 Å². The molecule has 1 heterocycles. The molecule has 0 aliphatic heterocycles. The van der Waals surface area contributed by atoms with Crippen molar-refractivity contribution in [2.75, 3.05) is 6.61 Å². The first-order chi connectivity index (χ1) is 9.60. The lowest BCUT2D eigenvalue weighted by Crippen LogP contribution is -2.09. The van der Waals surface area contributed by atoms with E-state index in [1.165, 1.54) is 6.07 Å². The molecule has 1 aromatic carbocycles. The Kier molecular flexibility index (Phi) is 4.40. The molecule has 1 N–H and O–H groups in total. The van der Waals surface area contributed by atoms with Gasteiger partial charge in [0.1, 0.15) is 11.3 Å². The van der Waals surface area contributed by atoms with Crippen LogP contribution < -0.4 is 10.4 Å². The van der Waals surface area contributed by atoms with Gasteiger partial charge in [0.2, 0.25) is 0 Å². The van der Waals surface area contributed by atoms with E-state index in [0.29, 0.717) is 11.3 Å². The standard InChI is InChI=1S/C15H16O5/c1-2-3-4-10-7-15(18)20-13-8-11(5-6-12(10)13)19-9-14(16)17/h5-8H,2-4,9H2,1H3,(H,16,17). The number of aliphatic carboxylic acids is 1. The SMILES string of the molecule is CCCCc1cc(=O)oc2cc(OCC(=O)O)ccc12. The van der Waals surface area contributed by atoms with Gasteiger partial charge in [-0.2, -0.15) is 0 Å². The molecule has 0 unspecified atom stereocenters. The zero-order valence-corrected chi connectivity index (χ0v) is 11.2. The fourth-order valence-electron chi connectivity index (χ4n) is 2.02. The van der Waals surface area contributed by atoms with E-state index in [0.717, 1.165) is 30.2 Å². The first-order valence-corrected chi connectivity index (χ1v) is 6.51. The number of unbranched alkanes of at least 4 members (excludes halogenated alkanes) is 1. The van der Waals surface area contributed by atoms with Gasteiger partial charge in [-0.25, -0.2) is 9.59 Å². The van der Waals surface area contributed by atoms with Crippen LogP contribution in [0.4, 0.5) is 0 Å². The monoisotopic (exact) mass is 276 g/mol. The summed E-state index contributed by atoms with van der Waals surface area (Å²) >= 11 is 0. The van der Waals surface area contributed by atoms with Crippen LogP contribution in [0.25, 0.3) is 11.0 Å². The van der Waals surface area contributed by atoms with E-state index < -0.39 is 18.2 Å². The van der Waals surface area contributed by atoms with Crippen LogP contribution in [0.15, 0.2) is 33.5 Å². The van der Waals surface area contributed by atoms with Crippen LogP contribution in [-0.2, 0) is 11.2 Å². The second-order valence-electron chi connectivity index (χ2n) is 4.53. The average Bonchev–Trinajstić information content (AvgIpc) is 2.41. The molecule has 0 radical (unpaired) electrons. The molecular formula is C15H16O5. The molecule has 2 aromatic rings. The minimum Gasteiger partial charge on any atom is -0.482 e. The zero-order chi connectivity index (χ0) is 14.5. The van der Waals surface area contributed by atoms with Gasteiger partial charge in [-0.15, -0.1) is 0 Å². The third-order valence-corrected chi connectivity index (χ3v) is 2.96. The molecular weight excluding hydrogens is 260 g/mol. The summed E-state index contributed by atoms with van der Waals surface area (Å²) < 4.78 is 10.2. The van der Waals surface area contributed by atoms with Gasteiger partial charge >= 0.3 is 11.6 Å². The Bertz CT molecular complexity index is 672. The lowest BCUT2D eigenvalue weighted by Gasteiger charge is -2.07. The van der Waals surface area contributed by atoms with Crippen LogP contribution in [0.3, 0.4) is 0 Å². The van der Waals surface area contributed by atoms with Crippen molar-refractivity contribution in [1.29, 1.82) is 0 Å². The van der Waals surface area contributed by atoms with Gasteiger partial charge in [-0.05, 0) is 30.5 Å². The summed E-state index contributed by atoms with van der Waals surface area (Å²) in [5.74, 6) is -0.682. The van der Waals surface area contributed by atoms with Crippen LogP contribution in [-0.4, -0.2) is 17.7 Å². The highest BCUT2D eigenvalue weighted by molar-refractivity contribution is 5.81. The lowest BCUT2D eigenvalue weighted by atomic mass is 10.0. The molecule has 2 rings (SSSR count). The van der Waals surface area contributed by atoms with Crippen LogP contribution >= 0.6 is 0 Å². The van der Waals surface area contributed by atoms with Gasteiger partial charge in [-0.3, -0.25) is 0 Å². The molecule has 106 valence electrons. The molecule has 20 heavy (non-hydrogen) atoms. The second kappa shape index (κ2) is 6.23. The Morgan fingerprint density at radius 3 is 2.85 bits per heavy atom. The van der Waals surface area contributed by atoms with E-state index in [9.17, 15) is 9.59 Å². The third-order valence-electron chi connectivity index (χ3n) is 2.96. The Balaban J connectivity index is 2.37. The van der Waals surface area contributed by atoms with E-state index >= 15 is 0 Å². The van der Waals surface area contributed by atoms with Crippen molar-refractivity contribution in [2.24, 2.45) is 0 Å². The highest BCUT2D eigenvalue weighted by Crippen LogP contribution is 2.23. The Morgan fingerprint density at radius 1 is 1.35 bits per heavy atom. The topological polar surface area (TPSA) is 76.7 Å².